The lowest BCUT2D eigenvalue weighted by Gasteiger charge is -2.29. The molecule has 0 aromatic rings. The van der Waals surface area contributed by atoms with E-state index in [9.17, 15) is 14.4 Å². The van der Waals surface area contributed by atoms with Gasteiger partial charge in [0.25, 0.3) is 0 Å². The SMILES string of the molecule is COC1=CCC(C/C=C(C)/C=C\C=C/C(=O)NC(C(=O)N/C=C\CCC/C=C(\C)Cl)C(C)(C)C)OC1=O. The first-order valence-electron chi connectivity index (χ1n) is 12.5. The second kappa shape index (κ2) is 16.6. The second-order valence-electron chi connectivity index (χ2n) is 9.88. The monoisotopic (exact) mass is 532 g/mol. The highest BCUT2D eigenvalue weighted by Gasteiger charge is 2.31. The quantitative estimate of drug-likeness (QED) is 0.136. The number of hydrogen-bond acceptors (Lipinski definition) is 5. The van der Waals surface area contributed by atoms with Gasteiger partial charge in [-0.25, -0.2) is 4.79 Å². The molecule has 1 aliphatic heterocycles. The molecule has 37 heavy (non-hydrogen) atoms. The molecule has 1 rings (SSSR count). The first-order valence-corrected chi connectivity index (χ1v) is 12.9. The molecule has 0 aliphatic carbocycles. The number of carbonyl (C=O) groups is 3. The lowest BCUT2D eigenvalue weighted by Crippen LogP contribution is -2.52. The van der Waals surface area contributed by atoms with Crippen LogP contribution in [0.5, 0.6) is 0 Å². The smallest absolute Gasteiger partial charge is 0.373 e. The molecule has 0 radical (unpaired) electrons. The van der Waals surface area contributed by atoms with Crippen molar-refractivity contribution < 1.29 is 23.9 Å². The molecule has 2 atom stereocenters. The topological polar surface area (TPSA) is 93.7 Å². The van der Waals surface area contributed by atoms with Gasteiger partial charge in [0.1, 0.15) is 12.1 Å². The Hall–Kier alpha value is -3.06. The van der Waals surface area contributed by atoms with Crippen molar-refractivity contribution in [3.05, 3.63) is 71.2 Å². The molecule has 0 saturated carbocycles. The summed E-state index contributed by atoms with van der Waals surface area (Å²) in [4.78, 5) is 36.9. The van der Waals surface area contributed by atoms with Crippen molar-refractivity contribution in [1.82, 2.24) is 10.6 Å². The fourth-order valence-corrected chi connectivity index (χ4v) is 3.45. The molecule has 0 spiro atoms. The Labute approximate surface area is 226 Å². The molecular weight excluding hydrogens is 492 g/mol. The van der Waals surface area contributed by atoms with Crippen molar-refractivity contribution in [2.45, 2.75) is 78.9 Å². The average molecular weight is 533 g/mol. The van der Waals surface area contributed by atoms with E-state index >= 15 is 0 Å². The van der Waals surface area contributed by atoms with Gasteiger partial charge in [-0.1, -0.05) is 74.4 Å². The average Bonchev–Trinajstić information content (AvgIpc) is 2.82. The van der Waals surface area contributed by atoms with Crippen LogP contribution in [0.2, 0.25) is 0 Å². The van der Waals surface area contributed by atoms with Crippen LogP contribution in [0.3, 0.4) is 0 Å². The van der Waals surface area contributed by atoms with Crippen LogP contribution in [0.1, 0.15) is 66.7 Å². The molecule has 7 nitrogen and oxygen atoms in total. The van der Waals surface area contributed by atoms with Crippen LogP contribution in [-0.4, -0.2) is 37.0 Å². The molecule has 2 N–H and O–H groups in total. The van der Waals surface area contributed by atoms with E-state index in [2.05, 4.69) is 10.6 Å². The number of unbranched alkanes of at least 4 members (excludes halogenated alkanes) is 2. The Morgan fingerprint density at radius 2 is 1.89 bits per heavy atom. The fourth-order valence-electron chi connectivity index (χ4n) is 3.34. The van der Waals surface area contributed by atoms with Crippen molar-refractivity contribution in [3.8, 4) is 0 Å². The molecule has 1 heterocycles. The van der Waals surface area contributed by atoms with Gasteiger partial charge < -0.3 is 20.1 Å². The van der Waals surface area contributed by atoms with E-state index < -0.39 is 17.4 Å². The second-order valence-corrected chi connectivity index (χ2v) is 10.5. The number of allylic oxidation sites excluding steroid dienone is 7. The summed E-state index contributed by atoms with van der Waals surface area (Å²) in [6.45, 7) is 9.46. The molecule has 8 heteroatoms. The highest BCUT2D eigenvalue weighted by atomic mass is 35.5. The minimum atomic E-state index is -0.701. The lowest BCUT2D eigenvalue weighted by molar-refractivity contribution is -0.149. The number of hydrogen-bond donors (Lipinski definition) is 2. The Bertz CT molecular complexity index is 963. The van der Waals surface area contributed by atoms with Crippen LogP contribution in [0.15, 0.2) is 71.2 Å². The van der Waals surface area contributed by atoms with Crippen molar-refractivity contribution in [3.63, 3.8) is 0 Å². The first-order chi connectivity index (χ1) is 17.4. The van der Waals surface area contributed by atoms with E-state index in [-0.39, 0.29) is 23.7 Å². The summed E-state index contributed by atoms with van der Waals surface area (Å²) in [5.41, 5.74) is 0.497. The fraction of sp³-hybridized carbons (Fsp3) is 0.483. The van der Waals surface area contributed by atoms with Crippen LogP contribution in [0, 0.1) is 5.41 Å². The summed E-state index contributed by atoms with van der Waals surface area (Å²) in [5.74, 6) is -0.835. The van der Waals surface area contributed by atoms with Crippen molar-refractivity contribution in [2.75, 3.05) is 7.11 Å². The number of methoxy groups -OCH3 is 1. The third kappa shape index (κ3) is 13.7. The molecule has 0 aromatic heterocycles. The van der Waals surface area contributed by atoms with Gasteiger partial charge in [0.05, 0.1) is 7.11 Å². The Morgan fingerprint density at radius 3 is 2.51 bits per heavy atom. The Morgan fingerprint density at radius 1 is 1.19 bits per heavy atom. The van der Waals surface area contributed by atoms with Crippen LogP contribution in [0.4, 0.5) is 0 Å². The molecule has 204 valence electrons. The van der Waals surface area contributed by atoms with E-state index in [0.29, 0.717) is 12.8 Å². The van der Waals surface area contributed by atoms with E-state index in [1.165, 1.54) is 13.2 Å². The standard InChI is InChI=1S/C29H41ClN2O5/c1-21(16-17-23-18-19-24(36-6)28(35)37-23)13-10-11-15-25(33)32-26(29(3,4)5)27(34)31-20-12-8-7-9-14-22(2)30/h10-16,19-20,23,26H,7-9,17-18H2,1-6H3,(H,31,34)(H,32,33)/b13-10-,15-11-,20-12-,21-16+,22-14+. The molecule has 2 unspecified atom stereocenters. The van der Waals surface area contributed by atoms with Crippen molar-refractivity contribution >= 4 is 29.4 Å². The Balaban J connectivity index is 2.54. The zero-order valence-corrected chi connectivity index (χ0v) is 23.6. The third-order valence-corrected chi connectivity index (χ3v) is 5.59. The van der Waals surface area contributed by atoms with Gasteiger partial charge in [0, 0.05) is 23.9 Å². The third-order valence-electron chi connectivity index (χ3n) is 5.44. The highest BCUT2D eigenvalue weighted by molar-refractivity contribution is 6.29. The number of cyclic esters (lactones) is 1. The lowest BCUT2D eigenvalue weighted by atomic mass is 9.86. The predicted octanol–water partition coefficient (Wildman–Crippen LogP) is 5.75. The van der Waals surface area contributed by atoms with Gasteiger partial charge >= 0.3 is 5.97 Å². The number of amides is 2. The minimum Gasteiger partial charge on any atom is -0.490 e. The normalized spacial score (nSPS) is 18.2. The summed E-state index contributed by atoms with van der Waals surface area (Å²) in [6.07, 6.45) is 19.4. The van der Waals surface area contributed by atoms with Crippen molar-refractivity contribution in [2.24, 2.45) is 5.41 Å². The van der Waals surface area contributed by atoms with Crippen LogP contribution in [-0.2, 0) is 23.9 Å². The predicted molar refractivity (Wildman–Crippen MR) is 148 cm³/mol. The number of ether oxygens (including phenoxy) is 2. The largest absolute Gasteiger partial charge is 0.490 e. The van der Waals surface area contributed by atoms with Gasteiger partial charge in [-0.15, -0.1) is 0 Å². The number of nitrogens with one attached hydrogen (secondary N) is 2. The molecule has 0 saturated heterocycles. The van der Waals surface area contributed by atoms with Gasteiger partial charge in [0.2, 0.25) is 11.8 Å². The number of carbonyl (C=O) groups excluding carboxylic acids is 3. The zero-order valence-electron chi connectivity index (χ0n) is 22.8. The van der Waals surface area contributed by atoms with Crippen LogP contribution < -0.4 is 10.6 Å². The van der Waals surface area contributed by atoms with E-state index in [1.807, 2.05) is 58.9 Å². The maximum Gasteiger partial charge on any atom is 0.373 e. The van der Waals surface area contributed by atoms with Gasteiger partial charge in [-0.05, 0) is 50.8 Å². The number of esters is 1. The summed E-state index contributed by atoms with van der Waals surface area (Å²) < 4.78 is 10.3. The van der Waals surface area contributed by atoms with Gasteiger partial charge in [-0.3, -0.25) is 9.59 Å². The molecule has 0 aromatic carbocycles. The summed E-state index contributed by atoms with van der Waals surface area (Å²) >= 11 is 5.81. The molecular formula is C29H41ClN2O5. The molecule has 2 amide bonds. The zero-order chi connectivity index (χ0) is 27.8. The first kappa shape index (κ1) is 32.0. The number of rotatable bonds is 13. The highest BCUT2D eigenvalue weighted by Crippen LogP contribution is 2.20. The molecule has 1 aliphatic rings. The summed E-state index contributed by atoms with van der Waals surface area (Å²) in [5, 5.41) is 6.33. The maximum atomic E-state index is 12.7. The van der Waals surface area contributed by atoms with Crippen LogP contribution in [0.25, 0.3) is 0 Å². The van der Waals surface area contributed by atoms with Gasteiger partial charge in [-0.2, -0.15) is 0 Å². The van der Waals surface area contributed by atoms with E-state index in [1.54, 1.807) is 24.4 Å². The molecule has 0 bridgehead atoms. The van der Waals surface area contributed by atoms with Crippen molar-refractivity contribution in [1.29, 1.82) is 0 Å². The Kier molecular flexibility index (Phi) is 14.4. The summed E-state index contributed by atoms with van der Waals surface area (Å²) in [6, 6.07) is -0.701. The molecule has 0 fully saturated rings. The van der Waals surface area contributed by atoms with Gasteiger partial charge in [0.15, 0.2) is 5.76 Å². The van der Waals surface area contributed by atoms with E-state index in [4.69, 9.17) is 21.1 Å². The minimum absolute atomic E-state index is 0.219. The summed E-state index contributed by atoms with van der Waals surface area (Å²) in [7, 11) is 1.44. The van der Waals surface area contributed by atoms with Crippen LogP contribution >= 0.6 is 11.6 Å². The number of halogens is 1. The van der Waals surface area contributed by atoms with E-state index in [0.717, 1.165) is 29.9 Å². The maximum absolute atomic E-state index is 12.7.